The molecule has 1 amide bonds. The van der Waals surface area contributed by atoms with Crippen LogP contribution in [-0.2, 0) is 0 Å². The highest BCUT2D eigenvalue weighted by Crippen LogP contribution is 2.23. The van der Waals surface area contributed by atoms with Crippen molar-refractivity contribution in [1.29, 1.82) is 0 Å². The maximum Gasteiger partial charge on any atom is 0.259 e. The highest BCUT2D eigenvalue weighted by Gasteiger charge is 2.22. The molecule has 1 aliphatic heterocycles. The van der Waals surface area contributed by atoms with Gasteiger partial charge < -0.3 is 19.9 Å². The second-order valence-electron chi connectivity index (χ2n) is 7.16. The van der Waals surface area contributed by atoms with Crippen LogP contribution in [-0.4, -0.2) is 46.5 Å². The Morgan fingerprint density at radius 3 is 2.79 bits per heavy atom. The van der Waals surface area contributed by atoms with Crippen LogP contribution in [0.15, 0.2) is 30.6 Å². The zero-order valence-electron chi connectivity index (χ0n) is 16.2. The molecule has 3 aromatic rings. The van der Waals surface area contributed by atoms with Gasteiger partial charge in [0.2, 0.25) is 0 Å². The molecule has 146 valence electrons. The third kappa shape index (κ3) is 3.43. The van der Waals surface area contributed by atoms with E-state index in [0.717, 1.165) is 36.5 Å². The molecule has 3 heterocycles. The molecule has 2 N–H and O–H groups in total. The standard InChI is InChI=1S/C20H23FN6O/c1-12-9-27-11-18(24-13(2)19(27)23-12)25-20(28)16-5-4-15(8-17(16)21)26-7-6-14(10-26)22-3/h4-5,8-9,11,14,22H,6-7,10H2,1-3H3,(H,25,28)/t14-/m1/s1. The summed E-state index contributed by atoms with van der Waals surface area (Å²) >= 11 is 0. The molecule has 0 radical (unpaired) electrons. The Bertz CT molecular complexity index is 1050. The summed E-state index contributed by atoms with van der Waals surface area (Å²) in [6.07, 6.45) is 4.54. The number of imidazole rings is 1. The molecular formula is C20H23FN6O. The van der Waals surface area contributed by atoms with Crippen LogP contribution in [0.1, 0.15) is 28.2 Å². The van der Waals surface area contributed by atoms with E-state index in [-0.39, 0.29) is 5.56 Å². The van der Waals surface area contributed by atoms with Crippen molar-refractivity contribution in [3.8, 4) is 0 Å². The normalized spacial score (nSPS) is 16.7. The zero-order valence-corrected chi connectivity index (χ0v) is 16.2. The van der Waals surface area contributed by atoms with Crippen molar-refractivity contribution in [3.05, 3.63) is 53.4 Å². The van der Waals surface area contributed by atoms with Crippen LogP contribution in [0.4, 0.5) is 15.9 Å². The number of carbonyl (C=O) groups excluding carboxylic acids is 1. The lowest BCUT2D eigenvalue weighted by atomic mass is 10.1. The molecular weight excluding hydrogens is 359 g/mol. The van der Waals surface area contributed by atoms with E-state index in [4.69, 9.17) is 0 Å². The summed E-state index contributed by atoms with van der Waals surface area (Å²) in [4.78, 5) is 23.4. The zero-order chi connectivity index (χ0) is 19.8. The van der Waals surface area contributed by atoms with E-state index in [1.165, 1.54) is 12.1 Å². The van der Waals surface area contributed by atoms with E-state index < -0.39 is 11.7 Å². The Morgan fingerprint density at radius 1 is 1.25 bits per heavy atom. The Labute approximate surface area is 162 Å². The van der Waals surface area contributed by atoms with Gasteiger partial charge in [-0.2, -0.15) is 0 Å². The molecule has 0 unspecified atom stereocenters. The number of amides is 1. The summed E-state index contributed by atoms with van der Waals surface area (Å²) in [5.74, 6) is -0.715. The van der Waals surface area contributed by atoms with Crippen molar-refractivity contribution in [2.24, 2.45) is 0 Å². The maximum absolute atomic E-state index is 14.6. The molecule has 1 saturated heterocycles. The van der Waals surface area contributed by atoms with Crippen LogP contribution < -0.4 is 15.5 Å². The number of hydrogen-bond donors (Lipinski definition) is 2. The first-order valence-corrected chi connectivity index (χ1v) is 9.30. The summed E-state index contributed by atoms with van der Waals surface area (Å²) in [5, 5.41) is 5.93. The van der Waals surface area contributed by atoms with E-state index in [2.05, 4.69) is 25.5 Å². The largest absolute Gasteiger partial charge is 0.370 e. The highest BCUT2D eigenvalue weighted by atomic mass is 19.1. The fourth-order valence-electron chi connectivity index (χ4n) is 3.63. The van der Waals surface area contributed by atoms with Gasteiger partial charge in [0.05, 0.1) is 23.1 Å². The fourth-order valence-corrected chi connectivity index (χ4v) is 3.63. The van der Waals surface area contributed by atoms with Gasteiger partial charge in [-0.05, 0) is 45.5 Å². The van der Waals surface area contributed by atoms with Gasteiger partial charge in [-0.15, -0.1) is 0 Å². The minimum Gasteiger partial charge on any atom is -0.370 e. The van der Waals surface area contributed by atoms with Crippen LogP contribution in [0.25, 0.3) is 5.65 Å². The lowest BCUT2D eigenvalue weighted by Gasteiger charge is -2.19. The lowest BCUT2D eigenvalue weighted by Crippen LogP contribution is -2.29. The topological polar surface area (TPSA) is 74.6 Å². The molecule has 0 saturated carbocycles. The molecule has 0 spiro atoms. The van der Waals surface area contributed by atoms with E-state index >= 15 is 0 Å². The van der Waals surface area contributed by atoms with Gasteiger partial charge in [0.25, 0.3) is 5.91 Å². The summed E-state index contributed by atoms with van der Waals surface area (Å²) < 4.78 is 16.4. The van der Waals surface area contributed by atoms with Gasteiger partial charge in [0.1, 0.15) is 11.6 Å². The lowest BCUT2D eigenvalue weighted by molar-refractivity contribution is 0.102. The number of rotatable bonds is 4. The fraction of sp³-hybridized carbons (Fsp3) is 0.350. The van der Waals surface area contributed by atoms with E-state index in [1.54, 1.807) is 16.7 Å². The average molecular weight is 382 g/mol. The number of hydrogen-bond acceptors (Lipinski definition) is 5. The van der Waals surface area contributed by atoms with Gasteiger partial charge in [0, 0.05) is 31.0 Å². The monoisotopic (exact) mass is 382 g/mol. The van der Waals surface area contributed by atoms with Gasteiger partial charge in [-0.1, -0.05) is 0 Å². The number of benzene rings is 1. The molecule has 8 heteroatoms. The molecule has 28 heavy (non-hydrogen) atoms. The number of aromatic nitrogens is 3. The van der Waals surface area contributed by atoms with Crippen molar-refractivity contribution >= 4 is 23.1 Å². The van der Waals surface area contributed by atoms with Gasteiger partial charge in [-0.25, -0.2) is 14.4 Å². The first kappa shape index (κ1) is 18.4. The van der Waals surface area contributed by atoms with Crippen LogP contribution in [0.3, 0.4) is 0 Å². The summed E-state index contributed by atoms with van der Waals surface area (Å²) in [6, 6.07) is 5.15. The molecule has 1 fully saturated rings. The van der Waals surface area contributed by atoms with Crippen LogP contribution >= 0.6 is 0 Å². The molecule has 1 atom stereocenters. The first-order valence-electron chi connectivity index (χ1n) is 9.30. The number of carbonyl (C=O) groups is 1. The maximum atomic E-state index is 14.6. The van der Waals surface area contributed by atoms with Crippen molar-refractivity contribution in [3.63, 3.8) is 0 Å². The molecule has 0 aliphatic carbocycles. The molecule has 1 aliphatic rings. The predicted molar refractivity (Wildman–Crippen MR) is 106 cm³/mol. The summed E-state index contributed by atoms with van der Waals surface area (Å²) in [5.41, 5.74) is 3.06. The Balaban J connectivity index is 1.53. The number of likely N-dealkylation sites (N-methyl/N-ethyl adjacent to an activating group) is 1. The van der Waals surface area contributed by atoms with Crippen LogP contribution in [0, 0.1) is 19.7 Å². The number of fused-ring (bicyclic) bond motifs is 1. The molecule has 1 aromatic carbocycles. The number of aryl methyl sites for hydroxylation is 2. The van der Waals surface area contributed by atoms with Gasteiger partial charge in [0.15, 0.2) is 5.65 Å². The number of nitrogens with one attached hydrogen (secondary N) is 2. The SMILES string of the molecule is CN[C@@H]1CCN(c2ccc(C(=O)Nc3cn4cc(C)nc4c(C)n3)c(F)c2)C1. The Hall–Kier alpha value is -3.00. The Morgan fingerprint density at radius 2 is 2.07 bits per heavy atom. The number of nitrogens with zero attached hydrogens (tertiary/aromatic N) is 4. The van der Waals surface area contributed by atoms with E-state index in [0.29, 0.717) is 17.6 Å². The third-order valence-electron chi connectivity index (χ3n) is 5.13. The molecule has 7 nitrogen and oxygen atoms in total. The van der Waals surface area contributed by atoms with Crippen molar-refractivity contribution < 1.29 is 9.18 Å². The van der Waals surface area contributed by atoms with Gasteiger partial charge >= 0.3 is 0 Å². The Kier molecular flexibility index (Phi) is 4.72. The second kappa shape index (κ2) is 7.20. The third-order valence-corrected chi connectivity index (χ3v) is 5.13. The smallest absolute Gasteiger partial charge is 0.259 e. The average Bonchev–Trinajstić information content (AvgIpc) is 3.27. The summed E-state index contributed by atoms with van der Waals surface area (Å²) in [6.45, 7) is 5.40. The number of anilines is 2. The predicted octanol–water partition coefficient (Wildman–Crippen LogP) is 2.54. The van der Waals surface area contributed by atoms with Crippen molar-refractivity contribution in [2.75, 3.05) is 30.4 Å². The van der Waals surface area contributed by atoms with Crippen LogP contribution in [0.5, 0.6) is 0 Å². The van der Waals surface area contributed by atoms with Crippen molar-refractivity contribution in [1.82, 2.24) is 19.7 Å². The molecule has 0 bridgehead atoms. The first-order chi connectivity index (χ1) is 13.4. The van der Waals surface area contributed by atoms with E-state index in [1.807, 2.05) is 27.1 Å². The molecule has 4 rings (SSSR count). The van der Waals surface area contributed by atoms with Crippen molar-refractivity contribution in [2.45, 2.75) is 26.3 Å². The van der Waals surface area contributed by atoms with Crippen LogP contribution in [0.2, 0.25) is 0 Å². The van der Waals surface area contributed by atoms with Gasteiger partial charge in [-0.3, -0.25) is 4.79 Å². The minimum atomic E-state index is -0.542. The quantitative estimate of drug-likeness (QED) is 0.725. The second-order valence-corrected chi connectivity index (χ2v) is 7.16. The number of halogens is 1. The van der Waals surface area contributed by atoms with E-state index in [9.17, 15) is 9.18 Å². The summed E-state index contributed by atoms with van der Waals surface area (Å²) in [7, 11) is 1.93. The minimum absolute atomic E-state index is 0.00512. The molecule has 2 aromatic heterocycles. The highest BCUT2D eigenvalue weighted by molar-refractivity contribution is 6.04.